The Bertz CT molecular complexity index is 508. The smallest absolute Gasteiger partial charge is 0.252 e. The third kappa shape index (κ3) is 2.12. The van der Waals surface area contributed by atoms with E-state index in [0.717, 1.165) is 17.6 Å². The number of nitrogens with zero attached hydrogens (tertiary/aromatic N) is 2. The highest BCUT2D eigenvalue weighted by atomic mass is 79.9. The van der Waals surface area contributed by atoms with Gasteiger partial charge in [-0.3, -0.25) is 4.98 Å². The van der Waals surface area contributed by atoms with Crippen LogP contribution < -0.4 is 0 Å². The molecule has 0 saturated heterocycles. The van der Waals surface area contributed by atoms with E-state index in [2.05, 4.69) is 25.9 Å². The lowest BCUT2D eigenvalue weighted by Gasteiger charge is -2.09. The molecule has 0 spiro atoms. The maximum Gasteiger partial charge on any atom is 0.288 e. The van der Waals surface area contributed by atoms with Gasteiger partial charge in [0.1, 0.15) is 5.69 Å². The maximum atomic E-state index is 13.0. The molecule has 78 valence electrons. The van der Waals surface area contributed by atoms with Crippen molar-refractivity contribution < 1.29 is 8.78 Å². The molecule has 0 saturated carbocycles. The number of alkyl halides is 2. The predicted octanol–water partition coefficient (Wildman–Crippen LogP) is 3.50. The zero-order valence-electron chi connectivity index (χ0n) is 7.84. The lowest BCUT2D eigenvalue weighted by Crippen LogP contribution is -2.10. The summed E-state index contributed by atoms with van der Waals surface area (Å²) in [6.45, 7) is 0.806. The summed E-state index contributed by atoms with van der Waals surface area (Å²) in [6, 6.07) is 5.18. The van der Waals surface area contributed by atoms with Gasteiger partial charge in [0.05, 0.1) is 17.2 Å². The van der Waals surface area contributed by atoms with E-state index in [-0.39, 0.29) is 5.69 Å². The van der Waals surface area contributed by atoms with E-state index in [4.69, 9.17) is 0 Å². The minimum atomic E-state index is -2.95. The summed E-state index contributed by atoms with van der Waals surface area (Å²) < 4.78 is 26.7. The minimum Gasteiger partial charge on any atom is -0.252 e. The van der Waals surface area contributed by atoms with Gasteiger partial charge in [0, 0.05) is 11.4 Å². The molecule has 2 nitrogen and oxygen atoms in total. The fourth-order valence-corrected chi connectivity index (χ4v) is 1.55. The highest BCUT2D eigenvalue weighted by Gasteiger charge is 2.26. The van der Waals surface area contributed by atoms with Gasteiger partial charge in [-0.2, -0.15) is 8.78 Å². The minimum absolute atomic E-state index is 0.312. The first-order valence-corrected chi connectivity index (χ1v) is 5.07. The SMILES string of the molecule is CC(F)(F)c1cnc2ccc(Br)cc2n1. The summed E-state index contributed by atoms with van der Waals surface area (Å²) in [4.78, 5) is 7.79. The molecule has 1 aromatic carbocycles. The van der Waals surface area contributed by atoms with Crippen LogP contribution in [0.5, 0.6) is 0 Å². The largest absolute Gasteiger partial charge is 0.288 e. The molecular formula is C10H7BrF2N2. The fraction of sp³-hybridized carbons (Fsp3) is 0.200. The molecule has 0 aliphatic heterocycles. The molecule has 0 aliphatic carbocycles. The van der Waals surface area contributed by atoms with E-state index in [1.54, 1.807) is 18.2 Å². The molecule has 5 heteroatoms. The molecule has 2 rings (SSSR count). The van der Waals surface area contributed by atoms with Gasteiger partial charge in [-0.05, 0) is 18.2 Å². The average molecular weight is 273 g/mol. The lowest BCUT2D eigenvalue weighted by atomic mass is 10.2. The molecule has 1 aromatic heterocycles. The zero-order valence-corrected chi connectivity index (χ0v) is 9.42. The molecule has 2 aromatic rings. The Morgan fingerprint density at radius 3 is 2.67 bits per heavy atom. The Labute approximate surface area is 93.5 Å². The van der Waals surface area contributed by atoms with Crippen LogP contribution in [0.15, 0.2) is 28.9 Å². The Morgan fingerprint density at radius 2 is 2.00 bits per heavy atom. The summed E-state index contributed by atoms with van der Waals surface area (Å²) in [5, 5.41) is 0. The number of hydrogen-bond donors (Lipinski definition) is 0. The van der Waals surface area contributed by atoms with Crippen molar-refractivity contribution in [3.63, 3.8) is 0 Å². The molecule has 1 heterocycles. The topological polar surface area (TPSA) is 25.8 Å². The standard InChI is InChI=1S/C10H7BrF2N2/c1-10(12,13)9-5-14-7-3-2-6(11)4-8(7)15-9/h2-5H,1H3. The molecule has 0 radical (unpaired) electrons. The summed E-state index contributed by atoms with van der Waals surface area (Å²) in [5.74, 6) is -2.95. The van der Waals surface area contributed by atoms with Crippen LogP contribution in [0.2, 0.25) is 0 Å². The Morgan fingerprint density at radius 1 is 1.27 bits per heavy atom. The second-order valence-electron chi connectivity index (χ2n) is 3.28. The van der Waals surface area contributed by atoms with Crippen LogP contribution >= 0.6 is 15.9 Å². The van der Waals surface area contributed by atoms with Gasteiger partial charge in [0.2, 0.25) is 0 Å². The Balaban J connectivity index is 2.64. The van der Waals surface area contributed by atoms with Crippen LogP contribution in [-0.4, -0.2) is 9.97 Å². The van der Waals surface area contributed by atoms with E-state index in [1.165, 1.54) is 0 Å². The van der Waals surface area contributed by atoms with E-state index < -0.39 is 5.92 Å². The van der Waals surface area contributed by atoms with Gasteiger partial charge >= 0.3 is 0 Å². The summed E-state index contributed by atoms with van der Waals surface area (Å²) in [6.07, 6.45) is 1.11. The van der Waals surface area contributed by atoms with E-state index in [9.17, 15) is 8.78 Å². The van der Waals surface area contributed by atoms with Crippen molar-refractivity contribution in [2.75, 3.05) is 0 Å². The van der Waals surface area contributed by atoms with Crippen molar-refractivity contribution >= 4 is 27.0 Å². The van der Waals surface area contributed by atoms with Gasteiger partial charge in [0.25, 0.3) is 5.92 Å². The van der Waals surface area contributed by atoms with Gasteiger partial charge in [-0.15, -0.1) is 0 Å². The van der Waals surface area contributed by atoms with Gasteiger partial charge in [0.15, 0.2) is 0 Å². The highest BCUT2D eigenvalue weighted by molar-refractivity contribution is 9.10. The van der Waals surface area contributed by atoms with Crippen molar-refractivity contribution in [3.8, 4) is 0 Å². The maximum absolute atomic E-state index is 13.0. The third-order valence-corrected chi connectivity index (χ3v) is 2.45. The number of hydrogen-bond acceptors (Lipinski definition) is 2. The number of benzene rings is 1. The monoisotopic (exact) mass is 272 g/mol. The first kappa shape index (κ1) is 10.4. The van der Waals surface area contributed by atoms with Crippen LogP contribution in [0, 0.1) is 0 Å². The number of rotatable bonds is 1. The van der Waals surface area contributed by atoms with Crippen LogP contribution in [-0.2, 0) is 5.92 Å². The van der Waals surface area contributed by atoms with E-state index >= 15 is 0 Å². The van der Waals surface area contributed by atoms with Crippen LogP contribution in [0.25, 0.3) is 11.0 Å². The van der Waals surface area contributed by atoms with Gasteiger partial charge < -0.3 is 0 Å². The normalized spacial score (nSPS) is 12.0. The van der Waals surface area contributed by atoms with Crippen molar-refractivity contribution in [2.45, 2.75) is 12.8 Å². The third-order valence-electron chi connectivity index (χ3n) is 1.95. The van der Waals surface area contributed by atoms with Crippen LogP contribution in [0.1, 0.15) is 12.6 Å². The molecular weight excluding hydrogens is 266 g/mol. The molecule has 15 heavy (non-hydrogen) atoms. The van der Waals surface area contributed by atoms with Crippen molar-refractivity contribution in [2.24, 2.45) is 0 Å². The van der Waals surface area contributed by atoms with E-state index in [1.807, 2.05) is 0 Å². The predicted molar refractivity (Wildman–Crippen MR) is 56.8 cm³/mol. The molecule has 0 fully saturated rings. The number of fused-ring (bicyclic) bond motifs is 1. The molecule has 0 unspecified atom stereocenters. The average Bonchev–Trinajstić information content (AvgIpc) is 2.15. The van der Waals surface area contributed by atoms with Crippen LogP contribution in [0.3, 0.4) is 0 Å². The van der Waals surface area contributed by atoms with Crippen molar-refractivity contribution in [1.82, 2.24) is 9.97 Å². The fourth-order valence-electron chi connectivity index (χ4n) is 1.20. The molecule has 0 bridgehead atoms. The summed E-state index contributed by atoms with van der Waals surface area (Å²) in [7, 11) is 0. The van der Waals surface area contributed by atoms with Gasteiger partial charge in [-0.25, -0.2) is 4.98 Å². The molecule has 0 N–H and O–H groups in total. The molecule has 0 atom stereocenters. The van der Waals surface area contributed by atoms with Crippen molar-refractivity contribution in [1.29, 1.82) is 0 Å². The molecule has 0 aliphatic rings. The summed E-state index contributed by atoms with van der Waals surface area (Å²) in [5.41, 5.74) is 0.753. The second-order valence-corrected chi connectivity index (χ2v) is 4.19. The Hall–Kier alpha value is -1.10. The Kier molecular flexibility index (Phi) is 2.42. The highest BCUT2D eigenvalue weighted by Crippen LogP contribution is 2.26. The first-order chi connectivity index (χ1) is 6.97. The first-order valence-electron chi connectivity index (χ1n) is 4.27. The van der Waals surface area contributed by atoms with Gasteiger partial charge in [-0.1, -0.05) is 15.9 Å². The second kappa shape index (κ2) is 3.48. The van der Waals surface area contributed by atoms with E-state index in [0.29, 0.717) is 11.0 Å². The van der Waals surface area contributed by atoms with Crippen molar-refractivity contribution in [3.05, 3.63) is 34.6 Å². The number of aromatic nitrogens is 2. The quantitative estimate of drug-likeness (QED) is 0.794. The van der Waals surface area contributed by atoms with Crippen LogP contribution in [0.4, 0.5) is 8.78 Å². The number of halogens is 3. The zero-order chi connectivity index (χ0) is 11.1. The molecule has 0 amide bonds. The summed E-state index contributed by atoms with van der Waals surface area (Å²) >= 11 is 3.25. The lowest BCUT2D eigenvalue weighted by molar-refractivity contribution is 0.0127.